The van der Waals surface area contributed by atoms with Gasteiger partial charge in [-0.05, 0) is 68.8 Å². The molecule has 0 radical (unpaired) electrons. The van der Waals surface area contributed by atoms with Crippen LogP contribution in [0.3, 0.4) is 0 Å². The number of fused-ring (bicyclic) bond motifs is 1. The highest BCUT2D eigenvalue weighted by molar-refractivity contribution is 6.10. The molecule has 1 amide bonds. The lowest BCUT2D eigenvalue weighted by Gasteiger charge is -2.60. The molecule has 1 aromatic carbocycles. The summed E-state index contributed by atoms with van der Waals surface area (Å²) in [5.41, 5.74) is 7.05. The summed E-state index contributed by atoms with van der Waals surface area (Å²) in [6.07, 6.45) is 3.45. The summed E-state index contributed by atoms with van der Waals surface area (Å²) in [6, 6.07) is 5.13. The number of aromatic hydroxyl groups is 1. The molecule has 1 fully saturated rings. The molecular formula is C24H33N3O4. The van der Waals surface area contributed by atoms with E-state index in [0.29, 0.717) is 19.1 Å². The Morgan fingerprint density at radius 1 is 1.32 bits per heavy atom. The lowest BCUT2D eigenvalue weighted by atomic mass is 9.53. The first-order valence-electron chi connectivity index (χ1n) is 10.6. The molecule has 1 saturated heterocycles. The number of amides is 1. The Morgan fingerprint density at radius 3 is 2.58 bits per heavy atom. The van der Waals surface area contributed by atoms with E-state index in [2.05, 4.69) is 4.90 Å². The van der Waals surface area contributed by atoms with E-state index in [1.54, 1.807) is 12.1 Å². The number of nitrogens with zero attached hydrogens (tertiary/aromatic N) is 2. The van der Waals surface area contributed by atoms with Crippen LogP contribution in [0.15, 0.2) is 41.1 Å². The Balaban J connectivity index is 2.31. The van der Waals surface area contributed by atoms with E-state index in [1.807, 2.05) is 46.0 Å². The molecule has 3 unspecified atom stereocenters. The number of primary amides is 1. The van der Waals surface area contributed by atoms with Crippen molar-refractivity contribution < 1.29 is 19.8 Å². The van der Waals surface area contributed by atoms with Crippen LogP contribution in [0.25, 0.3) is 0 Å². The molecule has 0 aromatic heterocycles. The van der Waals surface area contributed by atoms with Crippen LogP contribution >= 0.6 is 0 Å². The third-order valence-electron chi connectivity index (χ3n) is 7.39. The molecule has 1 aromatic rings. The number of hydrogen-bond donors (Lipinski definition) is 3. The van der Waals surface area contributed by atoms with E-state index in [-0.39, 0.29) is 23.8 Å². The highest BCUT2D eigenvalue weighted by atomic mass is 16.3. The number of allylic oxidation sites excluding steroid dienone is 2. The Bertz CT molecular complexity index is 968. The predicted octanol–water partition coefficient (Wildman–Crippen LogP) is 1.61. The number of benzene rings is 1. The summed E-state index contributed by atoms with van der Waals surface area (Å²) >= 11 is 0. The Hall–Kier alpha value is -2.64. The van der Waals surface area contributed by atoms with Crippen molar-refractivity contribution in [2.45, 2.75) is 50.2 Å². The van der Waals surface area contributed by atoms with Gasteiger partial charge in [-0.1, -0.05) is 6.07 Å². The number of likely N-dealkylation sites (N-methyl/N-ethyl adjacent to an activating group) is 1. The molecule has 4 N–H and O–H groups in total. The van der Waals surface area contributed by atoms with Crippen molar-refractivity contribution in [3.8, 4) is 5.75 Å². The van der Waals surface area contributed by atoms with Crippen LogP contribution in [0.4, 0.5) is 0 Å². The first-order chi connectivity index (χ1) is 14.5. The number of carbonyl (C=O) groups excluding carboxylic acids is 2. The summed E-state index contributed by atoms with van der Waals surface area (Å²) in [7, 11) is 5.82. The van der Waals surface area contributed by atoms with E-state index in [1.165, 1.54) is 6.08 Å². The van der Waals surface area contributed by atoms with Crippen LogP contribution in [0.2, 0.25) is 0 Å². The van der Waals surface area contributed by atoms with Crippen molar-refractivity contribution in [2.75, 3.05) is 27.7 Å². The zero-order chi connectivity index (χ0) is 23.1. The van der Waals surface area contributed by atoms with E-state index >= 15 is 0 Å². The van der Waals surface area contributed by atoms with Gasteiger partial charge in [0, 0.05) is 44.1 Å². The van der Waals surface area contributed by atoms with E-state index in [9.17, 15) is 19.8 Å². The second-order valence-corrected chi connectivity index (χ2v) is 9.21. The average molecular weight is 428 g/mol. The minimum Gasteiger partial charge on any atom is -0.508 e. The quantitative estimate of drug-likeness (QED) is 0.285. The molecule has 3 rings (SSSR count). The molecule has 168 valence electrons. The standard InChI is InChI=1S/C24H33N3O4/c1-15-6-7-19(29)11-20(15)23-8-9-27(5)16(2)24(23,31)12-17(21(13-23)26(3)4)10-18(14-28)22(25)30/h6-7,10-11,14,16,29,31H,8-9,12-13H2,1-5H3,(H2,25,30)/b18-10+. The van der Waals surface area contributed by atoms with Gasteiger partial charge in [-0.2, -0.15) is 0 Å². The van der Waals surface area contributed by atoms with Gasteiger partial charge in [0.15, 0.2) is 6.29 Å². The summed E-state index contributed by atoms with van der Waals surface area (Å²) in [6.45, 7) is 4.80. The maximum Gasteiger partial charge on any atom is 0.252 e. The van der Waals surface area contributed by atoms with Crippen LogP contribution in [-0.2, 0) is 15.0 Å². The van der Waals surface area contributed by atoms with Crippen molar-refractivity contribution >= 4 is 12.2 Å². The molecular weight excluding hydrogens is 394 g/mol. The average Bonchev–Trinajstić information content (AvgIpc) is 2.71. The normalized spacial score (nSPS) is 29.5. The third-order valence-corrected chi connectivity index (χ3v) is 7.39. The number of likely N-dealkylation sites (tertiary alicyclic amines) is 1. The number of piperidine rings is 1. The summed E-state index contributed by atoms with van der Waals surface area (Å²) in [4.78, 5) is 27.3. The lowest BCUT2D eigenvalue weighted by molar-refractivity contribution is -0.133. The van der Waals surface area contributed by atoms with Gasteiger partial charge in [0.25, 0.3) is 5.91 Å². The molecule has 7 heteroatoms. The van der Waals surface area contributed by atoms with Gasteiger partial charge in [-0.15, -0.1) is 0 Å². The largest absolute Gasteiger partial charge is 0.508 e. The second kappa shape index (κ2) is 8.13. The minimum absolute atomic E-state index is 0.115. The van der Waals surface area contributed by atoms with Crippen LogP contribution in [0.1, 0.15) is 37.3 Å². The number of hydrogen-bond acceptors (Lipinski definition) is 6. The SMILES string of the molecule is Cc1ccc(O)cc1C12CCN(C)C(C)C1(O)CC(/C=C(\C=O)C(N)=O)=C(N(C)C)C2. The van der Waals surface area contributed by atoms with Crippen LogP contribution in [0, 0.1) is 6.92 Å². The molecule has 7 nitrogen and oxygen atoms in total. The summed E-state index contributed by atoms with van der Waals surface area (Å²) < 4.78 is 0. The third kappa shape index (κ3) is 3.66. The molecule has 0 spiro atoms. The zero-order valence-corrected chi connectivity index (χ0v) is 19.0. The highest BCUT2D eigenvalue weighted by Gasteiger charge is 2.60. The number of rotatable bonds is 5. The smallest absolute Gasteiger partial charge is 0.252 e. The molecule has 1 aliphatic heterocycles. The molecule has 2 aliphatic rings. The van der Waals surface area contributed by atoms with E-state index in [4.69, 9.17) is 5.73 Å². The lowest BCUT2D eigenvalue weighted by Crippen LogP contribution is -2.68. The maximum atomic E-state index is 12.3. The number of aryl methyl sites for hydroxylation is 1. The topological polar surface area (TPSA) is 107 Å². The summed E-state index contributed by atoms with van der Waals surface area (Å²) in [5, 5.41) is 22.6. The van der Waals surface area contributed by atoms with Crippen molar-refractivity contribution in [1.82, 2.24) is 9.80 Å². The fourth-order valence-electron chi connectivity index (χ4n) is 5.41. The van der Waals surface area contributed by atoms with Gasteiger partial charge in [0.05, 0.1) is 11.2 Å². The fraction of sp³-hybridized carbons (Fsp3) is 0.500. The predicted molar refractivity (Wildman–Crippen MR) is 119 cm³/mol. The minimum atomic E-state index is -1.18. The van der Waals surface area contributed by atoms with Crippen molar-refractivity contribution in [3.05, 3.63) is 52.2 Å². The fourth-order valence-corrected chi connectivity index (χ4v) is 5.41. The first-order valence-corrected chi connectivity index (χ1v) is 10.6. The van der Waals surface area contributed by atoms with Crippen molar-refractivity contribution in [1.29, 1.82) is 0 Å². The van der Waals surface area contributed by atoms with Gasteiger partial charge >= 0.3 is 0 Å². The maximum absolute atomic E-state index is 12.3. The number of phenolic OH excluding ortho intramolecular Hbond substituents is 1. The first kappa shape index (κ1) is 23.0. The Kier molecular flexibility index (Phi) is 6.04. The molecule has 1 aliphatic carbocycles. The van der Waals surface area contributed by atoms with Crippen LogP contribution in [0.5, 0.6) is 5.75 Å². The van der Waals surface area contributed by atoms with Gasteiger partial charge in [-0.25, -0.2) is 0 Å². The zero-order valence-electron chi connectivity index (χ0n) is 19.0. The van der Waals surface area contributed by atoms with Gasteiger partial charge in [0.1, 0.15) is 5.75 Å². The monoisotopic (exact) mass is 427 g/mol. The molecule has 0 bridgehead atoms. The Labute approximate surface area is 183 Å². The van der Waals surface area contributed by atoms with E-state index in [0.717, 1.165) is 28.9 Å². The molecule has 3 atom stereocenters. The number of aldehydes is 1. The Morgan fingerprint density at radius 2 is 2.00 bits per heavy atom. The summed E-state index contributed by atoms with van der Waals surface area (Å²) in [5.74, 6) is -0.621. The second-order valence-electron chi connectivity index (χ2n) is 9.21. The number of carbonyl (C=O) groups is 2. The van der Waals surface area contributed by atoms with Crippen molar-refractivity contribution in [2.24, 2.45) is 5.73 Å². The number of nitrogens with two attached hydrogens (primary N) is 1. The van der Waals surface area contributed by atoms with Crippen LogP contribution in [-0.4, -0.2) is 71.5 Å². The molecule has 31 heavy (non-hydrogen) atoms. The molecule has 0 saturated carbocycles. The van der Waals surface area contributed by atoms with E-state index < -0.39 is 16.9 Å². The van der Waals surface area contributed by atoms with Gasteiger partial charge in [0.2, 0.25) is 0 Å². The van der Waals surface area contributed by atoms with Crippen LogP contribution < -0.4 is 5.73 Å². The van der Waals surface area contributed by atoms with Gasteiger partial charge in [-0.3, -0.25) is 9.59 Å². The molecule has 1 heterocycles. The number of phenols is 1. The highest BCUT2D eigenvalue weighted by Crippen LogP contribution is 2.56. The van der Waals surface area contributed by atoms with Gasteiger partial charge < -0.3 is 25.7 Å². The number of aliphatic hydroxyl groups is 1. The van der Waals surface area contributed by atoms with Crippen molar-refractivity contribution in [3.63, 3.8) is 0 Å².